The molecule has 2 aromatic rings. The zero-order chi connectivity index (χ0) is 11.7. The second-order valence-corrected chi connectivity index (χ2v) is 3.53. The van der Waals surface area contributed by atoms with Crippen LogP contribution in [0.25, 0.3) is 11.0 Å². The van der Waals surface area contributed by atoms with E-state index < -0.39 is 12.0 Å². The molecular weight excluding hydrogens is 210 g/mol. The van der Waals surface area contributed by atoms with Crippen LogP contribution in [-0.4, -0.2) is 32.2 Å². The highest BCUT2D eigenvalue weighted by Gasteiger charge is 2.14. The van der Waals surface area contributed by atoms with Gasteiger partial charge in [-0.1, -0.05) is 0 Å². The van der Waals surface area contributed by atoms with E-state index >= 15 is 0 Å². The van der Waals surface area contributed by atoms with E-state index in [1.165, 1.54) is 12.1 Å². The number of carbonyl (C=O) groups is 1. The second-order valence-electron chi connectivity index (χ2n) is 3.53. The Bertz CT molecular complexity index is 535. The Hall–Kier alpha value is -2.08. The summed E-state index contributed by atoms with van der Waals surface area (Å²) in [7, 11) is 0. The summed E-state index contributed by atoms with van der Waals surface area (Å²) in [6.07, 6.45) is 0.130. The number of carboxylic acids is 1. The fourth-order valence-corrected chi connectivity index (χ4v) is 1.44. The zero-order valence-electron chi connectivity index (χ0n) is 8.34. The molecule has 1 atom stereocenters. The lowest BCUT2D eigenvalue weighted by atomic mass is 10.2. The van der Waals surface area contributed by atoms with E-state index in [0.717, 1.165) is 5.52 Å². The Morgan fingerprint density at radius 3 is 3.00 bits per heavy atom. The maximum atomic E-state index is 10.6. The molecular formula is C10H11N3O3. The number of aromatic amines is 1. The van der Waals surface area contributed by atoms with Gasteiger partial charge in [0, 0.05) is 12.5 Å². The molecule has 16 heavy (non-hydrogen) atoms. The average Bonchev–Trinajstić information content (AvgIpc) is 2.58. The number of nitrogens with one attached hydrogen (secondary N) is 1. The van der Waals surface area contributed by atoms with Crippen molar-refractivity contribution in [3.63, 3.8) is 0 Å². The number of phenols is 1. The number of nitrogens with zero attached hydrogens (tertiary/aromatic N) is 1. The summed E-state index contributed by atoms with van der Waals surface area (Å²) in [5, 5.41) is 17.9. The maximum absolute atomic E-state index is 10.6. The van der Waals surface area contributed by atoms with Crippen molar-refractivity contribution >= 4 is 17.0 Å². The molecule has 2 rings (SSSR count). The SMILES string of the molecule is NC(Cc1nc2cc(O)ccc2[nH]1)C(=O)O. The maximum Gasteiger partial charge on any atom is 0.320 e. The zero-order valence-corrected chi connectivity index (χ0v) is 8.34. The predicted octanol–water partition coefficient (Wildman–Crippen LogP) is 0.223. The average molecular weight is 221 g/mol. The molecule has 5 N–H and O–H groups in total. The summed E-state index contributed by atoms with van der Waals surface area (Å²) >= 11 is 0. The van der Waals surface area contributed by atoms with Crippen molar-refractivity contribution in [2.45, 2.75) is 12.5 Å². The molecule has 1 aromatic heterocycles. The van der Waals surface area contributed by atoms with Crippen molar-refractivity contribution in [3.8, 4) is 5.75 Å². The molecule has 6 nitrogen and oxygen atoms in total. The smallest absolute Gasteiger partial charge is 0.320 e. The van der Waals surface area contributed by atoms with Crippen molar-refractivity contribution < 1.29 is 15.0 Å². The molecule has 0 aliphatic heterocycles. The third kappa shape index (κ3) is 1.96. The van der Waals surface area contributed by atoms with Crippen molar-refractivity contribution in [1.29, 1.82) is 0 Å². The number of imidazole rings is 1. The van der Waals surface area contributed by atoms with Crippen molar-refractivity contribution in [3.05, 3.63) is 24.0 Å². The summed E-state index contributed by atoms with van der Waals surface area (Å²) in [5.41, 5.74) is 6.72. The van der Waals surface area contributed by atoms with Crippen LogP contribution in [0.15, 0.2) is 18.2 Å². The van der Waals surface area contributed by atoms with Gasteiger partial charge in [-0.2, -0.15) is 0 Å². The van der Waals surface area contributed by atoms with E-state index in [1.54, 1.807) is 6.07 Å². The third-order valence-electron chi connectivity index (χ3n) is 2.25. The van der Waals surface area contributed by atoms with Crippen LogP contribution in [0.4, 0.5) is 0 Å². The number of fused-ring (bicyclic) bond motifs is 1. The highest BCUT2D eigenvalue weighted by molar-refractivity contribution is 5.77. The standard InChI is InChI=1S/C10H11N3O3/c11-6(10(15)16)4-9-12-7-2-1-5(14)3-8(7)13-9/h1-3,6,14H,4,11H2,(H,12,13)(H,15,16). The highest BCUT2D eigenvalue weighted by atomic mass is 16.4. The van der Waals surface area contributed by atoms with E-state index in [2.05, 4.69) is 9.97 Å². The first-order valence-corrected chi connectivity index (χ1v) is 4.72. The molecule has 84 valence electrons. The predicted molar refractivity (Wildman–Crippen MR) is 57.1 cm³/mol. The van der Waals surface area contributed by atoms with Gasteiger partial charge in [0.1, 0.15) is 17.6 Å². The number of phenolic OH excluding ortho intramolecular Hbond substituents is 1. The van der Waals surface area contributed by atoms with E-state index in [-0.39, 0.29) is 12.2 Å². The summed E-state index contributed by atoms with van der Waals surface area (Å²) in [6, 6.07) is 3.73. The monoisotopic (exact) mass is 221 g/mol. The second kappa shape index (κ2) is 3.82. The van der Waals surface area contributed by atoms with Crippen molar-refractivity contribution in [2.75, 3.05) is 0 Å². The van der Waals surface area contributed by atoms with Crippen LogP contribution in [0.3, 0.4) is 0 Å². The van der Waals surface area contributed by atoms with Crippen LogP contribution in [0.5, 0.6) is 5.75 Å². The topological polar surface area (TPSA) is 112 Å². The number of benzene rings is 1. The number of aromatic nitrogens is 2. The molecule has 0 aliphatic carbocycles. The van der Waals surface area contributed by atoms with Crippen LogP contribution < -0.4 is 5.73 Å². The van der Waals surface area contributed by atoms with Gasteiger partial charge in [-0.25, -0.2) is 4.98 Å². The molecule has 0 saturated heterocycles. The highest BCUT2D eigenvalue weighted by Crippen LogP contribution is 2.17. The van der Waals surface area contributed by atoms with Crippen molar-refractivity contribution in [1.82, 2.24) is 9.97 Å². The summed E-state index contributed by atoms with van der Waals surface area (Å²) in [6.45, 7) is 0. The largest absolute Gasteiger partial charge is 0.508 e. The minimum atomic E-state index is -1.07. The van der Waals surface area contributed by atoms with Gasteiger partial charge in [0.15, 0.2) is 0 Å². The normalized spacial score (nSPS) is 12.8. The number of aromatic hydroxyl groups is 1. The van der Waals surface area contributed by atoms with Crippen LogP contribution in [-0.2, 0) is 11.2 Å². The Morgan fingerprint density at radius 1 is 1.56 bits per heavy atom. The quantitative estimate of drug-likeness (QED) is 0.592. The van der Waals surface area contributed by atoms with Crippen LogP contribution >= 0.6 is 0 Å². The number of nitrogens with two attached hydrogens (primary N) is 1. The van der Waals surface area contributed by atoms with Gasteiger partial charge < -0.3 is 20.9 Å². The first-order valence-electron chi connectivity index (χ1n) is 4.72. The summed E-state index contributed by atoms with van der Waals surface area (Å²) in [4.78, 5) is 17.6. The Labute approximate surface area is 90.7 Å². The lowest BCUT2D eigenvalue weighted by Gasteiger charge is -2.01. The van der Waals surface area contributed by atoms with Crippen LogP contribution in [0.2, 0.25) is 0 Å². The lowest BCUT2D eigenvalue weighted by molar-refractivity contribution is -0.138. The van der Waals surface area contributed by atoms with Gasteiger partial charge >= 0.3 is 5.97 Å². The molecule has 6 heteroatoms. The number of rotatable bonds is 3. The molecule has 0 amide bonds. The van der Waals surface area contributed by atoms with E-state index in [9.17, 15) is 9.90 Å². The number of aliphatic carboxylic acids is 1. The minimum absolute atomic E-state index is 0.119. The molecule has 1 aromatic carbocycles. The molecule has 0 aliphatic rings. The van der Waals surface area contributed by atoms with Crippen LogP contribution in [0, 0.1) is 0 Å². The fraction of sp³-hybridized carbons (Fsp3) is 0.200. The third-order valence-corrected chi connectivity index (χ3v) is 2.25. The molecule has 0 fully saturated rings. The first-order chi connectivity index (χ1) is 7.56. The Morgan fingerprint density at radius 2 is 2.31 bits per heavy atom. The van der Waals surface area contributed by atoms with E-state index in [1.807, 2.05) is 0 Å². The fourth-order valence-electron chi connectivity index (χ4n) is 1.44. The molecule has 0 saturated carbocycles. The molecule has 1 heterocycles. The molecule has 0 radical (unpaired) electrons. The van der Waals surface area contributed by atoms with E-state index in [0.29, 0.717) is 11.3 Å². The van der Waals surface area contributed by atoms with Crippen LogP contribution in [0.1, 0.15) is 5.82 Å². The lowest BCUT2D eigenvalue weighted by Crippen LogP contribution is -2.32. The summed E-state index contributed by atoms with van der Waals surface area (Å²) < 4.78 is 0. The number of H-pyrrole nitrogens is 1. The van der Waals surface area contributed by atoms with E-state index in [4.69, 9.17) is 10.8 Å². The van der Waals surface area contributed by atoms with Gasteiger partial charge in [0.2, 0.25) is 0 Å². The number of hydrogen-bond donors (Lipinski definition) is 4. The van der Waals surface area contributed by atoms with Gasteiger partial charge in [0.05, 0.1) is 11.0 Å². The Kier molecular flexibility index (Phi) is 2.49. The van der Waals surface area contributed by atoms with Gasteiger partial charge in [-0.15, -0.1) is 0 Å². The van der Waals surface area contributed by atoms with Crippen molar-refractivity contribution in [2.24, 2.45) is 5.73 Å². The minimum Gasteiger partial charge on any atom is -0.508 e. The Balaban J connectivity index is 2.29. The number of carboxylic acid groups (broad SMARTS) is 1. The van der Waals surface area contributed by atoms with Gasteiger partial charge in [-0.3, -0.25) is 4.79 Å². The van der Waals surface area contributed by atoms with Gasteiger partial charge in [0.25, 0.3) is 0 Å². The molecule has 0 bridgehead atoms. The molecule has 1 unspecified atom stereocenters. The number of hydrogen-bond acceptors (Lipinski definition) is 4. The first kappa shape index (κ1) is 10.4. The summed E-state index contributed by atoms with van der Waals surface area (Å²) in [5.74, 6) is -0.452. The van der Waals surface area contributed by atoms with Gasteiger partial charge in [-0.05, 0) is 12.1 Å². The molecule has 0 spiro atoms.